The van der Waals surface area contributed by atoms with Gasteiger partial charge in [0, 0.05) is 25.4 Å². The van der Waals surface area contributed by atoms with E-state index < -0.39 is 0 Å². The van der Waals surface area contributed by atoms with Crippen LogP contribution in [0.2, 0.25) is 5.02 Å². The maximum Gasteiger partial charge on any atom is 0.330 e. The molecular formula is C17H22ClN5O3. The average molecular weight is 380 g/mol. The molecule has 1 aromatic heterocycles. The first kappa shape index (κ1) is 19.9. The van der Waals surface area contributed by atoms with E-state index in [-0.39, 0.29) is 24.7 Å². The molecule has 1 aliphatic rings. The van der Waals surface area contributed by atoms with Crippen molar-refractivity contribution in [2.24, 2.45) is 0 Å². The van der Waals surface area contributed by atoms with Crippen LogP contribution in [-0.2, 0) is 6.54 Å². The van der Waals surface area contributed by atoms with E-state index in [0.717, 1.165) is 5.56 Å². The quantitative estimate of drug-likeness (QED) is 0.751. The molecule has 9 heteroatoms. The number of nitrogen functional groups attached to an aromatic ring is 1. The summed E-state index contributed by atoms with van der Waals surface area (Å²) in [7, 11) is 1.65. The molecule has 1 aromatic carbocycles. The van der Waals surface area contributed by atoms with Crippen molar-refractivity contribution in [1.29, 1.82) is 0 Å². The smallest absolute Gasteiger partial charge is 0.330 e. The molecule has 3 rings (SSSR count). The van der Waals surface area contributed by atoms with Crippen molar-refractivity contribution in [3.63, 3.8) is 0 Å². The maximum absolute atomic E-state index is 12.4. The van der Waals surface area contributed by atoms with Gasteiger partial charge in [-0.2, -0.15) is 4.98 Å². The molecule has 1 unspecified atom stereocenters. The number of aliphatic hydroxyl groups excluding tert-OH is 2. The number of nitrogens with zero attached hydrogens (tertiary/aromatic N) is 4. The van der Waals surface area contributed by atoms with E-state index in [9.17, 15) is 4.79 Å². The molecule has 2 heterocycles. The highest BCUT2D eigenvalue weighted by Gasteiger charge is 2.31. The van der Waals surface area contributed by atoms with Crippen molar-refractivity contribution < 1.29 is 15.0 Å². The Kier molecular flexibility index (Phi) is 6.73. The number of fused-ring (bicyclic) bond motifs is 1. The second kappa shape index (κ2) is 8.79. The SMILES string of the molecule is CC(O)CCO.CN1C(=O)N(c2ccccc2Cl)Cc2cnc(N)nc21. The Bertz CT molecular complexity index is 772. The van der Waals surface area contributed by atoms with Gasteiger partial charge in [0.1, 0.15) is 5.82 Å². The minimum Gasteiger partial charge on any atom is -0.396 e. The lowest BCUT2D eigenvalue weighted by Crippen LogP contribution is -2.46. The molecule has 1 atom stereocenters. The molecule has 0 aliphatic carbocycles. The lowest BCUT2D eigenvalue weighted by atomic mass is 10.2. The monoisotopic (exact) mass is 379 g/mol. The molecule has 2 amide bonds. The molecule has 4 N–H and O–H groups in total. The molecule has 1 aliphatic heterocycles. The van der Waals surface area contributed by atoms with Crippen molar-refractivity contribution >= 4 is 35.1 Å². The number of amides is 2. The van der Waals surface area contributed by atoms with E-state index in [1.807, 2.05) is 12.1 Å². The number of rotatable bonds is 3. The van der Waals surface area contributed by atoms with Crippen LogP contribution in [0, 0.1) is 0 Å². The number of hydrogen-bond acceptors (Lipinski definition) is 6. The largest absolute Gasteiger partial charge is 0.396 e. The fraction of sp³-hybridized carbons (Fsp3) is 0.353. The summed E-state index contributed by atoms with van der Waals surface area (Å²) in [5, 5.41) is 17.0. The zero-order valence-electron chi connectivity index (χ0n) is 14.6. The van der Waals surface area contributed by atoms with Crippen molar-refractivity contribution in [3.05, 3.63) is 41.0 Å². The van der Waals surface area contributed by atoms with Crippen LogP contribution in [0.4, 0.5) is 22.2 Å². The Morgan fingerprint density at radius 3 is 2.65 bits per heavy atom. The predicted molar refractivity (Wildman–Crippen MR) is 101 cm³/mol. The van der Waals surface area contributed by atoms with Crippen LogP contribution in [0.25, 0.3) is 0 Å². The van der Waals surface area contributed by atoms with Gasteiger partial charge in [-0.3, -0.25) is 9.80 Å². The lowest BCUT2D eigenvalue weighted by Gasteiger charge is -2.34. The van der Waals surface area contributed by atoms with E-state index in [2.05, 4.69) is 9.97 Å². The van der Waals surface area contributed by atoms with Gasteiger partial charge in [-0.25, -0.2) is 9.78 Å². The fourth-order valence-corrected chi connectivity index (χ4v) is 2.61. The third-order valence-electron chi connectivity index (χ3n) is 3.71. The summed E-state index contributed by atoms with van der Waals surface area (Å²) < 4.78 is 0. The fourth-order valence-electron chi connectivity index (χ4n) is 2.37. The summed E-state index contributed by atoms with van der Waals surface area (Å²) in [6, 6.07) is 7.01. The summed E-state index contributed by atoms with van der Waals surface area (Å²) >= 11 is 6.16. The number of aromatic nitrogens is 2. The number of benzene rings is 1. The van der Waals surface area contributed by atoms with Crippen LogP contribution >= 0.6 is 11.6 Å². The van der Waals surface area contributed by atoms with E-state index in [0.29, 0.717) is 29.5 Å². The number of carbonyl (C=O) groups excluding carboxylic acids is 1. The third kappa shape index (κ3) is 4.60. The number of carbonyl (C=O) groups is 1. The van der Waals surface area contributed by atoms with Gasteiger partial charge in [-0.05, 0) is 25.5 Å². The van der Waals surface area contributed by atoms with Crippen molar-refractivity contribution in [3.8, 4) is 0 Å². The number of anilines is 3. The topological polar surface area (TPSA) is 116 Å². The molecule has 0 saturated heterocycles. The van der Waals surface area contributed by atoms with E-state index >= 15 is 0 Å². The molecule has 0 radical (unpaired) electrons. The summed E-state index contributed by atoms with van der Waals surface area (Å²) in [4.78, 5) is 23.6. The standard InChI is InChI=1S/C13H12ClN5O.C4H10O2/c1-18-11-8(6-16-12(15)17-11)7-19(13(18)20)10-5-3-2-4-9(10)14;1-4(6)2-3-5/h2-6H,7H2,1H3,(H2,15,16,17);4-6H,2-3H2,1H3. The average Bonchev–Trinajstić information content (AvgIpc) is 2.60. The first-order valence-corrected chi connectivity index (χ1v) is 8.43. The van der Waals surface area contributed by atoms with Gasteiger partial charge < -0.3 is 15.9 Å². The molecule has 0 bridgehead atoms. The Morgan fingerprint density at radius 2 is 2.08 bits per heavy atom. The Morgan fingerprint density at radius 1 is 1.38 bits per heavy atom. The van der Waals surface area contributed by atoms with E-state index in [1.165, 1.54) is 4.90 Å². The molecule has 140 valence electrons. The van der Waals surface area contributed by atoms with Gasteiger partial charge >= 0.3 is 6.03 Å². The predicted octanol–water partition coefficient (Wildman–Crippen LogP) is 2.04. The second-order valence-corrected chi connectivity index (χ2v) is 6.22. The van der Waals surface area contributed by atoms with E-state index in [4.69, 9.17) is 27.5 Å². The summed E-state index contributed by atoms with van der Waals surface area (Å²) in [5.41, 5.74) is 7.05. The Labute approximate surface area is 156 Å². The number of urea groups is 1. The zero-order chi connectivity index (χ0) is 19.3. The molecule has 0 saturated carbocycles. The number of aliphatic hydroxyl groups is 2. The summed E-state index contributed by atoms with van der Waals surface area (Å²) in [6.07, 6.45) is 1.76. The number of para-hydroxylation sites is 1. The van der Waals surface area contributed by atoms with Gasteiger partial charge in [-0.15, -0.1) is 0 Å². The molecule has 2 aromatic rings. The van der Waals surface area contributed by atoms with Gasteiger partial charge in [0.25, 0.3) is 0 Å². The van der Waals surface area contributed by atoms with Gasteiger partial charge in [0.15, 0.2) is 0 Å². The highest BCUT2D eigenvalue weighted by molar-refractivity contribution is 6.34. The first-order valence-electron chi connectivity index (χ1n) is 8.05. The normalized spacial score (nSPS) is 14.4. The summed E-state index contributed by atoms with van der Waals surface area (Å²) in [5.74, 6) is 0.681. The van der Waals surface area contributed by atoms with Crippen molar-refractivity contribution in [1.82, 2.24) is 9.97 Å². The summed E-state index contributed by atoms with van der Waals surface area (Å²) in [6.45, 7) is 2.09. The highest BCUT2D eigenvalue weighted by atomic mass is 35.5. The number of halogens is 1. The van der Waals surface area contributed by atoms with Crippen LogP contribution in [0.3, 0.4) is 0 Å². The van der Waals surface area contributed by atoms with Crippen LogP contribution in [0.15, 0.2) is 30.5 Å². The highest BCUT2D eigenvalue weighted by Crippen LogP contribution is 2.33. The van der Waals surface area contributed by atoms with Crippen molar-refractivity contribution in [2.45, 2.75) is 26.0 Å². The Balaban J connectivity index is 0.000000352. The number of nitrogens with two attached hydrogens (primary N) is 1. The molecule has 8 nitrogen and oxygen atoms in total. The van der Waals surface area contributed by atoms with Crippen LogP contribution in [-0.4, -0.2) is 46.0 Å². The van der Waals surface area contributed by atoms with E-state index in [1.54, 1.807) is 37.2 Å². The molecule has 0 spiro atoms. The molecular weight excluding hydrogens is 358 g/mol. The third-order valence-corrected chi connectivity index (χ3v) is 4.03. The Hall–Kier alpha value is -2.42. The van der Waals surface area contributed by atoms with Crippen LogP contribution in [0.1, 0.15) is 18.9 Å². The minimum atomic E-state index is -0.352. The van der Waals surface area contributed by atoms with Crippen molar-refractivity contribution in [2.75, 3.05) is 29.2 Å². The van der Waals surface area contributed by atoms with Crippen LogP contribution in [0.5, 0.6) is 0 Å². The van der Waals surface area contributed by atoms with Crippen LogP contribution < -0.4 is 15.5 Å². The van der Waals surface area contributed by atoms with Gasteiger partial charge in [-0.1, -0.05) is 23.7 Å². The minimum absolute atomic E-state index is 0.0810. The second-order valence-electron chi connectivity index (χ2n) is 5.82. The molecule has 0 fully saturated rings. The maximum atomic E-state index is 12.4. The zero-order valence-corrected chi connectivity index (χ0v) is 15.4. The number of hydrogen-bond donors (Lipinski definition) is 3. The van der Waals surface area contributed by atoms with Gasteiger partial charge in [0.2, 0.25) is 5.95 Å². The molecule has 26 heavy (non-hydrogen) atoms. The lowest BCUT2D eigenvalue weighted by molar-refractivity contribution is 0.148. The van der Waals surface area contributed by atoms with Gasteiger partial charge in [0.05, 0.1) is 23.4 Å². The first-order chi connectivity index (χ1) is 12.3.